The van der Waals surface area contributed by atoms with Gasteiger partial charge in [0.2, 0.25) is 5.76 Å². The molecule has 0 fully saturated rings. The Morgan fingerprint density at radius 2 is 1.61 bits per heavy atom. The number of aliphatic hydroxyl groups is 1. The summed E-state index contributed by atoms with van der Waals surface area (Å²) in [5.74, 6) is -3.90. The summed E-state index contributed by atoms with van der Waals surface area (Å²) in [5.41, 5.74) is 0. The number of carboxylic acids is 2. The molecule has 0 radical (unpaired) electrons. The van der Waals surface area contributed by atoms with Gasteiger partial charge in [0.15, 0.2) is 0 Å². The van der Waals surface area contributed by atoms with Crippen molar-refractivity contribution in [1.29, 1.82) is 0 Å². The van der Waals surface area contributed by atoms with E-state index in [9.17, 15) is 9.59 Å². The standard InChI is InChI=1S/C12H10O6/c13-10(12(16)17)6-9(7-11(14)15)18-8-4-2-1-3-5-8/h1-7,13H,(H,14,15)(H,16,17)/b9-7-,10-6-. The van der Waals surface area contributed by atoms with Crippen molar-refractivity contribution in [3.05, 3.63) is 54.0 Å². The lowest BCUT2D eigenvalue weighted by atomic mass is 10.3. The highest BCUT2D eigenvalue weighted by Gasteiger charge is 2.08. The third kappa shape index (κ3) is 4.40. The first-order valence-electron chi connectivity index (χ1n) is 4.80. The first-order chi connectivity index (χ1) is 8.49. The van der Waals surface area contributed by atoms with E-state index >= 15 is 0 Å². The number of rotatable bonds is 5. The van der Waals surface area contributed by atoms with Gasteiger partial charge in [-0.1, -0.05) is 18.2 Å². The number of carbonyl (C=O) groups is 2. The molecule has 6 heteroatoms. The average Bonchev–Trinajstić information content (AvgIpc) is 2.29. The first kappa shape index (κ1) is 13.3. The first-order valence-corrected chi connectivity index (χ1v) is 4.80. The number of ether oxygens (including phenoxy) is 1. The van der Waals surface area contributed by atoms with Gasteiger partial charge in [-0.3, -0.25) is 0 Å². The smallest absolute Gasteiger partial charge is 0.371 e. The van der Waals surface area contributed by atoms with E-state index in [0.717, 1.165) is 0 Å². The van der Waals surface area contributed by atoms with Gasteiger partial charge >= 0.3 is 11.9 Å². The summed E-state index contributed by atoms with van der Waals surface area (Å²) in [6.07, 6.45) is 1.36. The van der Waals surface area contributed by atoms with Crippen LogP contribution in [0.25, 0.3) is 0 Å². The highest BCUT2D eigenvalue weighted by molar-refractivity contribution is 5.85. The quantitative estimate of drug-likeness (QED) is 0.416. The Bertz CT molecular complexity index is 501. The van der Waals surface area contributed by atoms with E-state index in [4.69, 9.17) is 20.1 Å². The predicted molar refractivity (Wildman–Crippen MR) is 61.1 cm³/mol. The van der Waals surface area contributed by atoms with Crippen LogP contribution >= 0.6 is 0 Å². The molecular formula is C12H10O6. The molecule has 0 saturated heterocycles. The van der Waals surface area contributed by atoms with Crippen LogP contribution in [0.2, 0.25) is 0 Å². The second-order valence-electron chi connectivity index (χ2n) is 3.13. The van der Waals surface area contributed by atoms with Gasteiger partial charge in [0.1, 0.15) is 11.5 Å². The van der Waals surface area contributed by atoms with Crippen molar-refractivity contribution >= 4 is 11.9 Å². The van der Waals surface area contributed by atoms with E-state index in [1.807, 2.05) is 0 Å². The summed E-state index contributed by atoms with van der Waals surface area (Å²) >= 11 is 0. The van der Waals surface area contributed by atoms with Crippen molar-refractivity contribution in [2.45, 2.75) is 0 Å². The second kappa shape index (κ2) is 6.09. The van der Waals surface area contributed by atoms with Gasteiger partial charge in [0.05, 0.1) is 6.08 Å². The lowest BCUT2D eigenvalue weighted by Crippen LogP contribution is -2.03. The van der Waals surface area contributed by atoms with Crippen LogP contribution in [0.1, 0.15) is 0 Å². The third-order valence-electron chi connectivity index (χ3n) is 1.74. The van der Waals surface area contributed by atoms with Crippen LogP contribution in [0.3, 0.4) is 0 Å². The Hall–Kier alpha value is -2.76. The number of hydrogen-bond donors (Lipinski definition) is 3. The van der Waals surface area contributed by atoms with Gasteiger partial charge in [0, 0.05) is 6.08 Å². The summed E-state index contributed by atoms with van der Waals surface area (Å²) in [6, 6.07) is 8.17. The van der Waals surface area contributed by atoms with Crippen LogP contribution in [0.15, 0.2) is 54.0 Å². The van der Waals surface area contributed by atoms with Gasteiger partial charge in [-0.25, -0.2) is 9.59 Å². The average molecular weight is 250 g/mol. The SMILES string of the molecule is O=C(O)/C=C(/C=C(\O)C(=O)O)Oc1ccccc1. The largest absolute Gasteiger partial charge is 0.502 e. The maximum atomic E-state index is 10.5. The Morgan fingerprint density at radius 1 is 1.00 bits per heavy atom. The molecule has 1 aromatic rings. The maximum absolute atomic E-state index is 10.5. The Kier molecular flexibility index (Phi) is 4.50. The van der Waals surface area contributed by atoms with Crippen molar-refractivity contribution in [2.24, 2.45) is 0 Å². The topological polar surface area (TPSA) is 104 Å². The van der Waals surface area contributed by atoms with E-state index in [-0.39, 0.29) is 5.76 Å². The molecule has 0 heterocycles. The van der Waals surface area contributed by atoms with Crippen molar-refractivity contribution in [1.82, 2.24) is 0 Å². The van der Waals surface area contributed by atoms with Crippen LogP contribution < -0.4 is 4.74 Å². The zero-order valence-corrected chi connectivity index (χ0v) is 9.11. The predicted octanol–water partition coefficient (Wildman–Crippen LogP) is 1.56. The van der Waals surface area contributed by atoms with E-state index < -0.39 is 17.7 Å². The van der Waals surface area contributed by atoms with Crippen molar-refractivity contribution in [3.63, 3.8) is 0 Å². The van der Waals surface area contributed by atoms with Gasteiger partial charge in [0.25, 0.3) is 0 Å². The fraction of sp³-hybridized carbons (Fsp3) is 0. The van der Waals surface area contributed by atoms with Crippen LogP contribution in [0.5, 0.6) is 5.75 Å². The summed E-state index contributed by atoms with van der Waals surface area (Å²) in [7, 11) is 0. The van der Waals surface area contributed by atoms with Crippen LogP contribution in [-0.2, 0) is 9.59 Å². The Balaban J connectivity index is 2.98. The molecule has 0 amide bonds. The van der Waals surface area contributed by atoms with Gasteiger partial charge in [-0.05, 0) is 12.1 Å². The fourth-order valence-electron chi connectivity index (χ4n) is 1.04. The zero-order chi connectivity index (χ0) is 13.5. The molecule has 0 aliphatic rings. The minimum absolute atomic E-state index is 0.298. The molecule has 0 aromatic heterocycles. The summed E-state index contributed by atoms with van der Waals surface area (Å²) in [5, 5.41) is 26.1. The van der Waals surface area contributed by atoms with Crippen molar-refractivity contribution < 1.29 is 29.6 Å². The molecule has 1 aromatic carbocycles. The molecule has 6 nitrogen and oxygen atoms in total. The summed E-state index contributed by atoms with van der Waals surface area (Å²) in [4.78, 5) is 21.0. The van der Waals surface area contributed by atoms with Crippen LogP contribution in [-0.4, -0.2) is 27.3 Å². The number of carboxylic acid groups (broad SMARTS) is 2. The van der Waals surface area contributed by atoms with Crippen LogP contribution in [0.4, 0.5) is 0 Å². The van der Waals surface area contributed by atoms with Gasteiger partial charge in [-0.15, -0.1) is 0 Å². The Morgan fingerprint density at radius 3 is 2.11 bits per heavy atom. The molecule has 18 heavy (non-hydrogen) atoms. The van der Waals surface area contributed by atoms with E-state index in [0.29, 0.717) is 17.9 Å². The molecule has 0 spiro atoms. The molecule has 0 aliphatic heterocycles. The fourth-order valence-corrected chi connectivity index (χ4v) is 1.04. The van der Waals surface area contributed by atoms with Gasteiger partial charge in [-0.2, -0.15) is 0 Å². The summed E-state index contributed by atoms with van der Waals surface area (Å²) in [6.45, 7) is 0. The highest BCUT2D eigenvalue weighted by atomic mass is 16.5. The third-order valence-corrected chi connectivity index (χ3v) is 1.74. The van der Waals surface area contributed by atoms with Crippen LogP contribution in [0, 0.1) is 0 Å². The Labute approximate surface area is 102 Å². The lowest BCUT2D eigenvalue weighted by Gasteiger charge is -2.05. The normalized spacial score (nSPS) is 12.0. The van der Waals surface area contributed by atoms with Crippen molar-refractivity contribution in [2.75, 3.05) is 0 Å². The molecule has 0 bridgehead atoms. The number of aliphatic carboxylic acids is 2. The number of hydrogen-bond acceptors (Lipinski definition) is 4. The second-order valence-corrected chi connectivity index (χ2v) is 3.13. The maximum Gasteiger partial charge on any atom is 0.371 e. The number of aliphatic hydroxyl groups excluding tert-OH is 1. The minimum atomic E-state index is -1.58. The highest BCUT2D eigenvalue weighted by Crippen LogP contribution is 2.14. The molecular weight excluding hydrogens is 240 g/mol. The van der Waals surface area contributed by atoms with Crippen molar-refractivity contribution in [3.8, 4) is 5.75 Å². The van der Waals surface area contributed by atoms with E-state index in [1.54, 1.807) is 30.3 Å². The number of para-hydroxylation sites is 1. The lowest BCUT2D eigenvalue weighted by molar-refractivity contribution is -0.135. The van der Waals surface area contributed by atoms with E-state index in [2.05, 4.69) is 0 Å². The zero-order valence-electron chi connectivity index (χ0n) is 9.11. The monoisotopic (exact) mass is 250 g/mol. The molecule has 0 atom stereocenters. The number of allylic oxidation sites excluding steroid dienone is 1. The van der Waals surface area contributed by atoms with E-state index in [1.165, 1.54) is 0 Å². The minimum Gasteiger partial charge on any atom is -0.502 e. The molecule has 94 valence electrons. The molecule has 1 rings (SSSR count). The number of benzene rings is 1. The molecule has 3 N–H and O–H groups in total. The van der Waals surface area contributed by atoms with Gasteiger partial charge < -0.3 is 20.1 Å². The summed E-state index contributed by atoms with van der Waals surface area (Å²) < 4.78 is 5.13. The molecule has 0 saturated carbocycles. The molecule has 0 aliphatic carbocycles. The molecule has 0 unspecified atom stereocenters.